The van der Waals surface area contributed by atoms with Gasteiger partial charge in [-0.3, -0.25) is 14.5 Å². The zero-order valence-electron chi connectivity index (χ0n) is 17.0. The lowest BCUT2D eigenvalue weighted by Crippen LogP contribution is -2.59. The Morgan fingerprint density at radius 2 is 1.89 bits per heavy atom. The molecular formula is C21H32N4O2. The summed E-state index contributed by atoms with van der Waals surface area (Å²) in [7, 11) is 4.18. The van der Waals surface area contributed by atoms with Gasteiger partial charge in [0.2, 0.25) is 5.91 Å². The average molecular weight is 373 g/mol. The van der Waals surface area contributed by atoms with E-state index in [0.29, 0.717) is 24.1 Å². The normalized spacial score (nSPS) is 24.1. The minimum absolute atomic E-state index is 0.0643. The number of hydrogen-bond acceptors (Lipinski definition) is 4. The van der Waals surface area contributed by atoms with Crippen LogP contribution in [0, 0.1) is 0 Å². The van der Waals surface area contributed by atoms with Crippen molar-refractivity contribution in [3.63, 3.8) is 0 Å². The van der Waals surface area contributed by atoms with E-state index in [9.17, 15) is 9.59 Å². The fraction of sp³-hybridized carbons (Fsp3) is 0.619. The van der Waals surface area contributed by atoms with E-state index in [0.717, 1.165) is 44.8 Å². The molecule has 2 saturated heterocycles. The molecule has 2 atom stereocenters. The van der Waals surface area contributed by atoms with Gasteiger partial charge in [0, 0.05) is 62.5 Å². The molecule has 0 aliphatic carbocycles. The van der Waals surface area contributed by atoms with Crippen LogP contribution in [0.4, 0.5) is 5.69 Å². The van der Waals surface area contributed by atoms with E-state index in [1.165, 1.54) is 0 Å². The third kappa shape index (κ3) is 4.50. The molecule has 0 aromatic heterocycles. The minimum Gasteiger partial charge on any atom is -0.336 e. The second-order valence-electron chi connectivity index (χ2n) is 8.15. The number of rotatable bonds is 5. The first-order valence-electron chi connectivity index (χ1n) is 9.97. The molecule has 2 aliphatic rings. The second-order valence-corrected chi connectivity index (χ2v) is 8.15. The van der Waals surface area contributed by atoms with Crippen molar-refractivity contribution in [2.24, 2.45) is 0 Å². The topological polar surface area (TPSA) is 47.1 Å². The van der Waals surface area contributed by atoms with E-state index in [2.05, 4.69) is 37.7 Å². The van der Waals surface area contributed by atoms with Crippen molar-refractivity contribution >= 4 is 17.5 Å². The van der Waals surface area contributed by atoms with E-state index in [1.54, 1.807) is 4.90 Å². The Morgan fingerprint density at radius 3 is 2.48 bits per heavy atom. The van der Waals surface area contributed by atoms with Gasteiger partial charge in [0.25, 0.3) is 5.91 Å². The summed E-state index contributed by atoms with van der Waals surface area (Å²) in [4.78, 5) is 33.6. The largest absolute Gasteiger partial charge is 0.336 e. The summed E-state index contributed by atoms with van der Waals surface area (Å²) in [5.74, 6) is 0.214. The molecule has 148 valence electrons. The molecule has 0 saturated carbocycles. The van der Waals surface area contributed by atoms with Crippen LogP contribution in [-0.4, -0.2) is 85.4 Å². The first-order valence-corrected chi connectivity index (χ1v) is 9.97. The lowest BCUT2D eigenvalue weighted by atomic mass is 10.1. The number of nitrogens with zero attached hydrogens (tertiary/aromatic N) is 4. The van der Waals surface area contributed by atoms with Crippen molar-refractivity contribution < 1.29 is 9.59 Å². The molecule has 0 bridgehead atoms. The molecule has 2 fully saturated rings. The van der Waals surface area contributed by atoms with Gasteiger partial charge < -0.3 is 14.7 Å². The third-order valence-electron chi connectivity index (χ3n) is 5.67. The van der Waals surface area contributed by atoms with Crippen LogP contribution < -0.4 is 4.90 Å². The standard InChI is InChI=1S/C21H32N4O2/c1-16-14-23(15-17(2)24(16)12-11-22(3)4)21(27)18-7-5-8-19(13-18)25-10-6-9-20(25)26/h5,7-8,13,16-17H,6,9-12,14-15H2,1-4H3. The SMILES string of the molecule is CC1CN(C(=O)c2cccc(N3CCCC3=O)c2)CC(C)N1CCN(C)C. The highest BCUT2D eigenvalue weighted by Crippen LogP contribution is 2.24. The summed E-state index contributed by atoms with van der Waals surface area (Å²) < 4.78 is 0. The van der Waals surface area contributed by atoms with Crippen molar-refractivity contribution in [1.82, 2.24) is 14.7 Å². The summed E-state index contributed by atoms with van der Waals surface area (Å²) >= 11 is 0. The van der Waals surface area contributed by atoms with E-state index < -0.39 is 0 Å². The fourth-order valence-electron chi connectivity index (χ4n) is 4.19. The first kappa shape index (κ1) is 19.8. The van der Waals surface area contributed by atoms with Crippen LogP contribution >= 0.6 is 0 Å². The molecule has 0 N–H and O–H groups in total. The molecule has 2 amide bonds. The Kier molecular flexibility index (Phi) is 6.17. The van der Waals surface area contributed by atoms with E-state index >= 15 is 0 Å². The number of anilines is 1. The van der Waals surface area contributed by atoms with Crippen LogP contribution in [0.25, 0.3) is 0 Å². The van der Waals surface area contributed by atoms with Gasteiger partial charge in [0.05, 0.1) is 0 Å². The molecule has 2 heterocycles. The van der Waals surface area contributed by atoms with Crippen molar-refractivity contribution in [2.75, 3.05) is 51.7 Å². The number of benzene rings is 1. The van der Waals surface area contributed by atoms with E-state index in [1.807, 2.05) is 29.2 Å². The molecule has 3 rings (SSSR count). The zero-order chi connectivity index (χ0) is 19.6. The smallest absolute Gasteiger partial charge is 0.254 e. The number of carbonyl (C=O) groups is 2. The summed E-state index contributed by atoms with van der Waals surface area (Å²) in [5, 5.41) is 0. The Morgan fingerprint density at radius 1 is 1.19 bits per heavy atom. The zero-order valence-corrected chi connectivity index (χ0v) is 17.0. The van der Waals surface area contributed by atoms with Crippen molar-refractivity contribution in [1.29, 1.82) is 0 Å². The summed E-state index contributed by atoms with van der Waals surface area (Å²) in [5.41, 5.74) is 1.52. The van der Waals surface area contributed by atoms with Crippen molar-refractivity contribution in [3.05, 3.63) is 29.8 Å². The Balaban J connectivity index is 1.69. The van der Waals surface area contributed by atoms with Gasteiger partial charge in [-0.05, 0) is 52.6 Å². The van der Waals surface area contributed by atoms with Gasteiger partial charge in [0.15, 0.2) is 0 Å². The molecule has 2 unspecified atom stereocenters. The van der Waals surface area contributed by atoms with Gasteiger partial charge >= 0.3 is 0 Å². The van der Waals surface area contributed by atoms with Crippen LogP contribution in [-0.2, 0) is 4.79 Å². The highest BCUT2D eigenvalue weighted by atomic mass is 16.2. The van der Waals surface area contributed by atoms with Gasteiger partial charge in [-0.15, -0.1) is 0 Å². The molecule has 27 heavy (non-hydrogen) atoms. The van der Waals surface area contributed by atoms with E-state index in [4.69, 9.17) is 0 Å². The summed E-state index contributed by atoms with van der Waals surface area (Å²) in [6.45, 7) is 8.66. The lowest BCUT2D eigenvalue weighted by Gasteiger charge is -2.44. The lowest BCUT2D eigenvalue weighted by molar-refractivity contribution is -0.117. The number of piperazine rings is 1. The quantitative estimate of drug-likeness (QED) is 0.792. The second kappa shape index (κ2) is 8.40. The van der Waals surface area contributed by atoms with Gasteiger partial charge in [0.1, 0.15) is 0 Å². The number of hydrogen-bond donors (Lipinski definition) is 0. The molecule has 1 aromatic carbocycles. The molecule has 6 nitrogen and oxygen atoms in total. The van der Waals surface area contributed by atoms with Crippen LogP contribution in [0.5, 0.6) is 0 Å². The van der Waals surface area contributed by atoms with Gasteiger partial charge in [-0.2, -0.15) is 0 Å². The van der Waals surface area contributed by atoms with E-state index in [-0.39, 0.29) is 11.8 Å². The van der Waals surface area contributed by atoms with Crippen LogP contribution in [0.2, 0.25) is 0 Å². The molecule has 2 aliphatic heterocycles. The Hall–Kier alpha value is -1.92. The maximum atomic E-state index is 13.1. The first-order chi connectivity index (χ1) is 12.9. The highest BCUT2D eigenvalue weighted by Gasteiger charge is 2.32. The minimum atomic E-state index is 0.0643. The number of likely N-dealkylation sites (N-methyl/N-ethyl adjacent to an activating group) is 1. The Labute approximate surface area is 162 Å². The fourth-order valence-corrected chi connectivity index (χ4v) is 4.19. The van der Waals surface area contributed by atoms with Gasteiger partial charge in [-0.1, -0.05) is 6.07 Å². The summed E-state index contributed by atoms with van der Waals surface area (Å²) in [6.07, 6.45) is 1.49. The molecule has 0 spiro atoms. The molecule has 0 radical (unpaired) electrons. The molecular weight excluding hydrogens is 340 g/mol. The van der Waals surface area contributed by atoms with Crippen LogP contribution in [0.1, 0.15) is 37.0 Å². The predicted molar refractivity (Wildman–Crippen MR) is 108 cm³/mol. The van der Waals surface area contributed by atoms with Gasteiger partial charge in [-0.25, -0.2) is 0 Å². The number of carbonyl (C=O) groups excluding carboxylic acids is 2. The Bertz CT molecular complexity index is 679. The third-order valence-corrected chi connectivity index (χ3v) is 5.67. The monoisotopic (exact) mass is 372 g/mol. The average Bonchev–Trinajstić information content (AvgIpc) is 3.06. The highest BCUT2D eigenvalue weighted by molar-refractivity contribution is 5.99. The van der Waals surface area contributed by atoms with Crippen molar-refractivity contribution in [3.8, 4) is 0 Å². The predicted octanol–water partition coefficient (Wildman–Crippen LogP) is 1.91. The molecule has 6 heteroatoms. The van der Waals surface area contributed by atoms with Crippen molar-refractivity contribution in [2.45, 2.75) is 38.8 Å². The maximum absolute atomic E-state index is 13.1. The molecule has 1 aromatic rings. The van der Waals surface area contributed by atoms with Crippen LogP contribution in [0.15, 0.2) is 24.3 Å². The summed E-state index contributed by atoms with van der Waals surface area (Å²) in [6, 6.07) is 8.21. The number of amides is 2. The maximum Gasteiger partial charge on any atom is 0.254 e. The van der Waals surface area contributed by atoms with Crippen LogP contribution in [0.3, 0.4) is 0 Å².